The van der Waals surface area contributed by atoms with Crippen LogP contribution in [0.3, 0.4) is 0 Å². The van der Waals surface area contributed by atoms with Gasteiger partial charge in [0.1, 0.15) is 0 Å². The predicted octanol–water partition coefficient (Wildman–Crippen LogP) is 2.77. The molecule has 3 N–H and O–H groups in total. The lowest BCUT2D eigenvalue weighted by Gasteiger charge is -2.22. The number of urea groups is 1. The largest absolute Gasteiger partial charge is 0.394 e. The van der Waals surface area contributed by atoms with Crippen molar-refractivity contribution in [2.24, 2.45) is 5.92 Å². The molecule has 2 amide bonds. The van der Waals surface area contributed by atoms with Crippen molar-refractivity contribution in [2.45, 2.75) is 39.8 Å². The molecule has 0 unspecified atom stereocenters. The SMILES string of the molecule is CCOCCOCc1cccc(NC(=O)N[C@H](CO)[C@H](C)CC)c1. The minimum atomic E-state index is -0.316. The van der Waals surface area contributed by atoms with Gasteiger partial charge in [-0.1, -0.05) is 32.4 Å². The van der Waals surface area contributed by atoms with Gasteiger partial charge in [0.2, 0.25) is 0 Å². The summed E-state index contributed by atoms with van der Waals surface area (Å²) in [5.74, 6) is 0.214. The zero-order valence-corrected chi connectivity index (χ0v) is 14.9. The molecule has 2 atom stereocenters. The monoisotopic (exact) mass is 338 g/mol. The van der Waals surface area contributed by atoms with Crippen LogP contribution in [0.5, 0.6) is 0 Å². The van der Waals surface area contributed by atoms with E-state index in [1.165, 1.54) is 0 Å². The highest BCUT2D eigenvalue weighted by Gasteiger charge is 2.17. The van der Waals surface area contributed by atoms with Gasteiger partial charge >= 0.3 is 6.03 Å². The van der Waals surface area contributed by atoms with Crippen molar-refractivity contribution in [3.8, 4) is 0 Å². The van der Waals surface area contributed by atoms with E-state index < -0.39 is 0 Å². The van der Waals surface area contributed by atoms with Crippen LogP contribution >= 0.6 is 0 Å². The number of hydrogen-bond acceptors (Lipinski definition) is 4. The number of benzene rings is 1. The molecule has 0 bridgehead atoms. The van der Waals surface area contributed by atoms with Crippen LogP contribution in [0.15, 0.2) is 24.3 Å². The Bertz CT molecular complexity index is 482. The number of amides is 2. The molecule has 0 saturated carbocycles. The van der Waals surface area contributed by atoms with E-state index in [1.807, 2.05) is 45.0 Å². The molecule has 1 aromatic carbocycles. The van der Waals surface area contributed by atoms with Crippen LogP contribution in [0.25, 0.3) is 0 Å². The third kappa shape index (κ3) is 7.77. The van der Waals surface area contributed by atoms with Crippen LogP contribution in [0.1, 0.15) is 32.8 Å². The van der Waals surface area contributed by atoms with Crippen molar-refractivity contribution in [3.63, 3.8) is 0 Å². The normalized spacial score (nSPS) is 13.3. The fourth-order valence-electron chi connectivity index (χ4n) is 2.18. The van der Waals surface area contributed by atoms with E-state index in [4.69, 9.17) is 9.47 Å². The molecule has 0 spiro atoms. The van der Waals surface area contributed by atoms with Crippen LogP contribution in [-0.4, -0.2) is 43.6 Å². The first kappa shape index (κ1) is 20.4. The lowest BCUT2D eigenvalue weighted by Crippen LogP contribution is -2.43. The molecule has 6 nitrogen and oxygen atoms in total. The van der Waals surface area contributed by atoms with Gasteiger partial charge < -0.3 is 25.2 Å². The summed E-state index contributed by atoms with van der Waals surface area (Å²) in [6, 6.07) is 6.94. The van der Waals surface area contributed by atoms with Crippen LogP contribution < -0.4 is 10.6 Å². The summed E-state index contributed by atoms with van der Waals surface area (Å²) < 4.78 is 10.7. The standard InChI is InChI=1S/C18H30N2O4/c1-4-14(3)17(12-21)20-18(22)19-16-8-6-7-15(11-16)13-24-10-9-23-5-2/h6-8,11,14,17,21H,4-5,9-10,12-13H2,1-3H3,(H2,19,20,22)/t14-,17-/m1/s1. The second-order valence-electron chi connectivity index (χ2n) is 5.72. The molecule has 1 rings (SSSR count). The Hall–Kier alpha value is -1.63. The van der Waals surface area contributed by atoms with E-state index in [9.17, 15) is 9.90 Å². The maximum atomic E-state index is 12.1. The van der Waals surface area contributed by atoms with Gasteiger partial charge in [-0.3, -0.25) is 0 Å². The van der Waals surface area contributed by atoms with E-state index >= 15 is 0 Å². The van der Waals surface area contributed by atoms with Gasteiger partial charge in [-0.2, -0.15) is 0 Å². The zero-order chi connectivity index (χ0) is 17.8. The Morgan fingerprint density at radius 1 is 1.25 bits per heavy atom. The number of carbonyl (C=O) groups excluding carboxylic acids is 1. The lowest BCUT2D eigenvalue weighted by molar-refractivity contribution is 0.0453. The molecule has 0 heterocycles. The molecular weight excluding hydrogens is 308 g/mol. The Labute approximate surface area is 144 Å². The summed E-state index contributed by atoms with van der Waals surface area (Å²) in [4.78, 5) is 12.1. The molecule has 6 heteroatoms. The number of hydrogen-bond donors (Lipinski definition) is 3. The topological polar surface area (TPSA) is 79.8 Å². The Balaban J connectivity index is 2.46. The number of aliphatic hydroxyl groups excluding tert-OH is 1. The first-order valence-electron chi connectivity index (χ1n) is 8.53. The number of ether oxygens (including phenoxy) is 2. The van der Waals surface area contributed by atoms with E-state index in [0.29, 0.717) is 32.1 Å². The highest BCUT2D eigenvalue weighted by atomic mass is 16.5. The average Bonchev–Trinajstić information content (AvgIpc) is 2.59. The quantitative estimate of drug-likeness (QED) is 0.542. The van der Waals surface area contributed by atoms with Crippen LogP contribution in [0.2, 0.25) is 0 Å². The van der Waals surface area contributed by atoms with Gasteiger partial charge in [0, 0.05) is 12.3 Å². The predicted molar refractivity (Wildman–Crippen MR) is 95.1 cm³/mol. The van der Waals surface area contributed by atoms with E-state index in [2.05, 4.69) is 10.6 Å². The minimum absolute atomic E-state index is 0.0733. The Kier molecular flexibility index (Phi) is 10.1. The van der Waals surface area contributed by atoms with Gasteiger partial charge in [0.25, 0.3) is 0 Å². The fourth-order valence-corrected chi connectivity index (χ4v) is 2.18. The Morgan fingerprint density at radius 3 is 2.67 bits per heavy atom. The molecular formula is C18H30N2O4. The molecule has 0 radical (unpaired) electrons. The molecule has 0 fully saturated rings. The summed E-state index contributed by atoms with van der Waals surface area (Å²) in [5.41, 5.74) is 1.67. The van der Waals surface area contributed by atoms with Crippen LogP contribution in [-0.2, 0) is 16.1 Å². The molecule has 0 aromatic heterocycles. The molecule has 1 aromatic rings. The zero-order valence-electron chi connectivity index (χ0n) is 14.9. The molecule has 0 aliphatic heterocycles. The van der Waals surface area contributed by atoms with E-state index in [1.54, 1.807) is 0 Å². The van der Waals surface area contributed by atoms with Gasteiger partial charge in [-0.25, -0.2) is 4.79 Å². The van der Waals surface area contributed by atoms with Crippen LogP contribution in [0, 0.1) is 5.92 Å². The number of carbonyl (C=O) groups is 1. The van der Waals surface area contributed by atoms with Crippen molar-refractivity contribution in [2.75, 3.05) is 31.7 Å². The van der Waals surface area contributed by atoms with Crippen molar-refractivity contribution in [1.29, 1.82) is 0 Å². The smallest absolute Gasteiger partial charge is 0.319 e. The molecule has 24 heavy (non-hydrogen) atoms. The number of rotatable bonds is 11. The van der Waals surface area contributed by atoms with Gasteiger partial charge in [-0.05, 0) is 30.5 Å². The maximum absolute atomic E-state index is 12.1. The van der Waals surface area contributed by atoms with Crippen molar-refractivity contribution in [3.05, 3.63) is 29.8 Å². The number of nitrogens with one attached hydrogen (secondary N) is 2. The van der Waals surface area contributed by atoms with Crippen LogP contribution in [0.4, 0.5) is 10.5 Å². The summed E-state index contributed by atoms with van der Waals surface area (Å²) in [5, 5.41) is 15.0. The highest BCUT2D eigenvalue weighted by Crippen LogP contribution is 2.12. The average molecular weight is 338 g/mol. The maximum Gasteiger partial charge on any atom is 0.319 e. The first-order valence-corrected chi connectivity index (χ1v) is 8.53. The summed E-state index contributed by atoms with van der Waals surface area (Å²) in [6.07, 6.45) is 0.889. The fraction of sp³-hybridized carbons (Fsp3) is 0.611. The number of aliphatic hydroxyl groups is 1. The van der Waals surface area contributed by atoms with Crippen molar-refractivity contribution >= 4 is 11.7 Å². The third-order valence-electron chi connectivity index (χ3n) is 3.87. The number of anilines is 1. The summed E-state index contributed by atoms with van der Waals surface area (Å²) >= 11 is 0. The third-order valence-corrected chi connectivity index (χ3v) is 3.87. The second-order valence-corrected chi connectivity index (χ2v) is 5.72. The van der Waals surface area contributed by atoms with Gasteiger partial charge in [0.05, 0.1) is 32.5 Å². The van der Waals surface area contributed by atoms with Gasteiger partial charge in [0.15, 0.2) is 0 Å². The molecule has 0 saturated heterocycles. The highest BCUT2D eigenvalue weighted by molar-refractivity contribution is 5.89. The van der Waals surface area contributed by atoms with Crippen molar-refractivity contribution < 1.29 is 19.4 Å². The first-order chi connectivity index (χ1) is 11.6. The summed E-state index contributed by atoms with van der Waals surface area (Å²) in [6.45, 7) is 8.18. The van der Waals surface area contributed by atoms with Gasteiger partial charge in [-0.15, -0.1) is 0 Å². The van der Waals surface area contributed by atoms with E-state index in [0.717, 1.165) is 12.0 Å². The minimum Gasteiger partial charge on any atom is -0.394 e. The van der Waals surface area contributed by atoms with E-state index in [-0.39, 0.29) is 24.6 Å². The lowest BCUT2D eigenvalue weighted by atomic mass is 10.0. The molecule has 136 valence electrons. The Morgan fingerprint density at radius 2 is 2.00 bits per heavy atom. The molecule has 0 aliphatic rings. The summed E-state index contributed by atoms with van der Waals surface area (Å²) in [7, 11) is 0. The van der Waals surface area contributed by atoms with Crippen molar-refractivity contribution in [1.82, 2.24) is 5.32 Å². The second kappa shape index (κ2) is 11.8. The molecule has 0 aliphatic carbocycles.